The summed E-state index contributed by atoms with van der Waals surface area (Å²) < 4.78 is 26.9. The van der Waals surface area contributed by atoms with Crippen molar-refractivity contribution in [2.75, 3.05) is 19.4 Å². The van der Waals surface area contributed by atoms with Crippen LogP contribution in [0.1, 0.15) is 17.5 Å². The van der Waals surface area contributed by atoms with E-state index >= 15 is 0 Å². The van der Waals surface area contributed by atoms with E-state index in [1.807, 2.05) is 36.4 Å². The van der Waals surface area contributed by atoms with Gasteiger partial charge in [0.1, 0.15) is 0 Å². The highest BCUT2D eigenvalue weighted by molar-refractivity contribution is 7.85. The zero-order chi connectivity index (χ0) is 16.5. The first-order valence-electron chi connectivity index (χ1n) is 7.67. The summed E-state index contributed by atoms with van der Waals surface area (Å²) in [5.41, 5.74) is 2.49. The summed E-state index contributed by atoms with van der Waals surface area (Å²) in [4.78, 5) is 2.30. The highest BCUT2D eigenvalue weighted by Gasteiger charge is 2.08. The van der Waals surface area contributed by atoms with Crippen molar-refractivity contribution in [2.24, 2.45) is 0 Å². The van der Waals surface area contributed by atoms with E-state index in [-0.39, 0.29) is 6.61 Å². The molecule has 2 aromatic rings. The van der Waals surface area contributed by atoms with Gasteiger partial charge in [-0.1, -0.05) is 60.7 Å². The molecular weight excluding hydrogens is 310 g/mol. The van der Waals surface area contributed by atoms with Crippen LogP contribution in [0.2, 0.25) is 0 Å². The van der Waals surface area contributed by atoms with Crippen LogP contribution in [0.4, 0.5) is 0 Å². The molecule has 23 heavy (non-hydrogen) atoms. The Morgan fingerprint density at radius 2 is 1.35 bits per heavy atom. The van der Waals surface area contributed by atoms with Crippen molar-refractivity contribution in [3.8, 4) is 0 Å². The zero-order valence-electron chi connectivity index (χ0n) is 13.4. The van der Waals surface area contributed by atoms with E-state index in [1.165, 1.54) is 11.1 Å². The molecule has 0 N–H and O–H groups in total. The van der Waals surface area contributed by atoms with Gasteiger partial charge in [-0.25, -0.2) is 0 Å². The maximum Gasteiger partial charge on any atom is 0.264 e. The predicted octanol–water partition coefficient (Wildman–Crippen LogP) is 3.06. The van der Waals surface area contributed by atoms with Crippen molar-refractivity contribution in [1.82, 2.24) is 4.90 Å². The van der Waals surface area contributed by atoms with E-state index in [0.29, 0.717) is 6.42 Å². The first-order chi connectivity index (χ1) is 11.0. The topological polar surface area (TPSA) is 46.6 Å². The molecule has 0 saturated carbocycles. The molecule has 0 amide bonds. The third-order valence-corrected chi connectivity index (χ3v) is 4.01. The average Bonchev–Trinajstić information content (AvgIpc) is 2.52. The van der Waals surface area contributed by atoms with Crippen LogP contribution in [0.3, 0.4) is 0 Å². The average molecular weight is 333 g/mol. The van der Waals surface area contributed by atoms with Crippen molar-refractivity contribution < 1.29 is 12.6 Å². The Kier molecular flexibility index (Phi) is 6.77. The van der Waals surface area contributed by atoms with E-state index < -0.39 is 10.1 Å². The SMILES string of the molecule is CS(=O)(=O)OCCCN(Cc1ccccc1)Cc1ccccc1. The second-order valence-electron chi connectivity index (χ2n) is 5.56. The van der Waals surface area contributed by atoms with Gasteiger partial charge >= 0.3 is 0 Å². The second kappa shape index (κ2) is 8.82. The lowest BCUT2D eigenvalue weighted by atomic mass is 10.1. The predicted molar refractivity (Wildman–Crippen MR) is 92.4 cm³/mol. The monoisotopic (exact) mass is 333 g/mol. The first-order valence-corrected chi connectivity index (χ1v) is 9.49. The Morgan fingerprint density at radius 3 is 1.78 bits per heavy atom. The number of hydrogen-bond donors (Lipinski definition) is 0. The Bertz CT molecular complexity index is 630. The molecule has 0 heterocycles. The van der Waals surface area contributed by atoms with E-state index in [1.54, 1.807) is 0 Å². The Balaban J connectivity index is 1.93. The molecular formula is C18H23NO3S. The standard InChI is InChI=1S/C18H23NO3S/c1-23(20,21)22-14-8-13-19(15-17-9-4-2-5-10-17)16-18-11-6-3-7-12-18/h2-7,9-12H,8,13-16H2,1H3. The van der Waals surface area contributed by atoms with Gasteiger partial charge in [-0.15, -0.1) is 0 Å². The summed E-state index contributed by atoms with van der Waals surface area (Å²) in [6.45, 7) is 2.65. The van der Waals surface area contributed by atoms with Gasteiger partial charge in [0, 0.05) is 19.6 Å². The van der Waals surface area contributed by atoms with Crippen molar-refractivity contribution in [3.05, 3.63) is 71.8 Å². The van der Waals surface area contributed by atoms with E-state index in [0.717, 1.165) is 25.9 Å². The molecule has 2 rings (SSSR count). The Labute approximate surface area is 138 Å². The smallest absolute Gasteiger partial charge is 0.264 e. The van der Waals surface area contributed by atoms with Crippen LogP contribution in [-0.4, -0.2) is 32.7 Å². The Hall–Kier alpha value is -1.69. The third-order valence-electron chi connectivity index (χ3n) is 3.41. The minimum absolute atomic E-state index is 0.221. The van der Waals surface area contributed by atoms with Crippen molar-refractivity contribution in [3.63, 3.8) is 0 Å². The third kappa shape index (κ3) is 7.41. The molecule has 0 fully saturated rings. The van der Waals surface area contributed by atoms with Crippen molar-refractivity contribution >= 4 is 10.1 Å². The van der Waals surface area contributed by atoms with Gasteiger partial charge in [0.2, 0.25) is 0 Å². The highest BCUT2D eigenvalue weighted by atomic mass is 32.2. The molecule has 4 nitrogen and oxygen atoms in total. The van der Waals surface area contributed by atoms with Crippen LogP contribution < -0.4 is 0 Å². The molecule has 0 spiro atoms. The van der Waals surface area contributed by atoms with Crippen LogP contribution in [0.25, 0.3) is 0 Å². The molecule has 0 saturated heterocycles. The number of hydrogen-bond acceptors (Lipinski definition) is 4. The van der Waals surface area contributed by atoms with E-state index in [2.05, 4.69) is 29.2 Å². The summed E-state index contributed by atoms with van der Waals surface area (Å²) in [6.07, 6.45) is 1.76. The molecule has 0 radical (unpaired) electrons. The van der Waals surface area contributed by atoms with Crippen LogP contribution in [0, 0.1) is 0 Å². The Morgan fingerprint density at radius 1 is 0.870 bits per heavy atom. The van der Waals surface area contributed by atoms with Gasteiger partial charge in [-0.3, -0.25) is 9.08 Å². The van der Waals surface area contributed by atoms with Crippen LogP contribution in [0.15, 0.2) is 60.7 Å². The van der Waals surface area contributed by atoms with Gasteiger partial charge in [-0.05, 0) is 17.5 Å². The fraction of sp³-hybridized carbons (Fsp3) is 0.333. The summed E-state index contributed by atoms with van der Waals surface area (Å²) in [6, 6.07) is 20.5. The van der Waals surface area contributed by atoms with Gasteiger partial charge in [0.15, 0.2) is 0 Å². The lowest BCUT2D eigenvalue weighted by molar-refractivity contribution is 0.224. The van der Waals surface area contributed by atoms with Crippen LogP contribution in [0.5, 0.6) is 0 Å². The maximum absolute atomic E-state index is 11.0. The minimum Gasteiger partial charge on any atom is -0.295 e. The molecule has 0 atom stereocenters. The molecule has 0 unspecified atom stereocenters. The fourth-order valence-corrected chi connectivity index (χ4v) is 2.82. The van der Waals surface area contributed by atoms with E-state index in [9.17, 15) is 8.42 Å². The number of nitrogens with zero attached hydrogens (tertiary/aromatic N) is 1. The zero-order valence-corrected chi connectivity index (χ0v) is 14.2. The minimum atomic E-state index is -3.36. The molecule has 0 aliphatic carbocycles. The van der Waals surface area contributed by atoms with E-state index in [4.69, 9.17) is 4.18 Å². The van der Waals surface area contributed by atoms with Gasteiger partial charge < -0.3 is 0 Å². The maximum atomic E-state index is 11.0. The van der Waals surface area contributed by atoms with Crippen molar-refractivity contribution in [1.29, 1.82) is 0 Å². The molecule has 0 aliphatic rings. The van der Waals surface area contributed by atoms with Crippen LogP contribution >= 0.6 is 0 Å². The molecule has 2 aromatic carbocycles. The van der Waals surface area contributed by atoms with Gasteiger partial charge in [0.25, 0.3) is 10.1 Å². The molecule has 0 bridgehead atoms. The summed E-state index contributed by atoms with van der Waals surface area (Å²) in [5, 5.41) is 0. The molecule has 0 aliphatic heterocycles. The summed E-state index contributed by atoms with van der Waals surface area (Å²) in [7, 11) is -3.36. The van der Waals surface area contributed by atoms with Gasteiger partial charge in [-0.2, -0.15) is 8.42 Å². The van der Waals surface area contributed by atoms with Crippen molar-refractivity contribution in [2.45, 2.75) is 19.5 Å². The van der Waals surface area contributed by atoms with Gasteiger partial charge in [0.05, 0.1) is 12.9 Å². The second-order valence-corrected chi connectivity index (χ2v) is 7.21. The molecule has 5 heteroatoms. The summed E-state index contributed by atoms with van der Waals surface area (Å²) in [5.74, 6) is 0. The number of benzene rings is 2. The lowest BCUT2D eigenvalue weighted by Crippen LogP contribution is -2.25. The molecule has 0 aromatic heterocycles. The summed E-state index contributed by atoms with van der Waals surface area (Å²) >= 11 is 0. The normalized spacial score (nSPS) is 11.7. The molecule has 124 valence electrons. The fourth-order valence-electron chi connectivity index (χ4n) is 2.40. The van der Waals surface area contributed by atoms with Crippen LogP contribution in [-0.2, 0) is 27.4 Å². The quantitative estimate of drug-likeness (QED) is 0.523. The highest BCUT2D eigenvalue weighted by Crippen LogP contribution is 2.10. The lowest BCUT2D eigenvalue weighted by Gasteiger charge is -2.22. The first kappa shape index (κ1) is 17.7. The largest absolute Gasteiger partial charge is 0.295 e. The number of rotatable bonds is 9.